The van der Waals surface area contributed by atoms with Crippen molar-refractivity contribution < 1.29 is 37.8 Å². The molecule has 168 valence electrons. The average Bonchev–Trinajstić information content (AvgIpc) is 3.33. The molecule has 1 aromatic carbocycles. The van der Waals surface area contributed by atoms with Crippen LogP contribution in [0.15, 0.2) is 34.4 Å². The third-order valence-electron chi connectivity index (χ3n) is 4.22. The summed E-state index contributed by atoms with van der Waals surface area (Å²) in [7, 11) is 2.42. The number of nitrogens with zero attached hydrogens (tertiary/aromatic N) is 1. The number of halogens is 2. The van der Waals surface area contributed by atoms with Gasteiger partial charge in [-0.3, -0.25) is 9.69 Å². The van der Waals surface area contributed by atoms with E-state index in [-0.39, 0.29) is 46.2 Å². The van der Waals surface area contributed by atoms with Crippen LogP contribution in [0.3, 0.4) is 0 Å². The minimum Gasteiger partial charge on any atom is -0.479 e. The number of rotatable bonds is 7. The Hall–Kier alpha value is -3.50. The molecule has 0 radical (unpaired) electrons. The smallest absolute Gasteiger partial charge is 0.373 e. The molecule has 1 aromatic heterocycles. The second-order valence-corrected chi connectivity index (χ2v) is 7.13. The first-order chi connectivity index (χ1) is 15.2. The molecule has 1 fully saturated rings. The highest BCUT2D eigenvalue weighted by Gasteiger charge is 2.34. The van der Waals surface area contributed by atoms with Crippen molar-refractivity contribution in [3.05, 3.63) is 57.1 Å². The topological polar surface area (TPSA) is 124 Å². The maximum Gasteiger partial charge on any atom is 0.373 e. The van der Waals surface area contributed by atoms with Crippen molar-refractivity contribution >= 4 is 53.2 Å². The number of amides is 3. The van der Waals surface area contributed by atoms with Gasteiger partial charge in [0, 0.05) is 0 Å². The number of carbonyl (C=O) groups is 4. The molecule has 1 aliphatic rings. The van der Waals surface area contributed by atoms with Gasteiger partial charge in [0.05, 0.1) is 30.8 Å². The summed E-state index contributed by atoms with van der Waals surface area (Å²) < 4.78 is 19.6. The number of urea groups is 1. The Morgan fingerprint density at radius 1 is 1.12 bits per heavy atom. The number of benzene rings is 1. The molecule has 2 heterocycles. The maximum absolute atomic E-state index is 12.7. The van der Waals surface area contributed by atoms with Crippen LogP contribution in [0.25, 0.3) is 6.08 Å². The number of carbonyl (C=O) groups excluding carboxylic acids is 4. The lowest BCUT2D eigenvalue weighted by Gasteiger charge is -2.10. The van der Waals surface area contributed by atoms with Gasteiger partial charge in [-0.15, -0.1) is 0 Å². The number of hydrogen-bond donors (Lipinski definition) is 1. The Labute approximate surface area is 191 Å². The van der Waals surface area contributed by atoms with Gasteiger partial charge in [-0.1, -0.05) is 23.2 Å². The first-order valence-corrected chi connectivity index (χ1v) is 9.69. The Morgan fingerprint density at radius 3 is 2.44 bits per heavy atom. The van der Waals surface area contributed by atoms with Crippen molar-refractivity contribution in [2.24, 2.45) is 0 Å². The summed E-state index contributed by atoms with van der Waals surface area (Å²) in [5.41, 5.74) is 0.381. The first kappa shape index (κ1) is 23.2. The summed E-state index contributed by atoms with van der Waals surface area (Å²) in [4.78, 5) is 48.5. The van der Waals surface area contributed by atoms with Crippen molar-refractivity contribution in [1.29, 1.82) is 0 Å². The molecule has 0 spiro atoms. The normalized spacial score (nSPS) is 14.5. The van der Waals surface area contributed by atoms with E-state index in [0.717, 1.165) is 4.90 Å². The van der Waals surface area contributed by atoms with E-state index < -0.39 is 23.9 Å². The fourth-order valence-electron chi connectivity index (χ4n) is 2.70. The van der Waals surface area contributed by atoms with Crippen molar-refractivity contribution in [2.75, 3.05) is 20.8 Å². The largest absolute Gasteiger partial charge is 0.479 e. The second kappa shape index (κ2) is 9.75. The fourth-order valence-corrected chi connectivity index (χ4v) is 3.31. The number of nitrogens with one attached hydrogen (secondary N) is 1. The molecule has 1 N–H and O–H groups in total. The van der Waals surface area contributed by atoms with Gasteiger partial charge in [-0.05, 0) is 35.9 Å². The SMILES string of the molecule is COC(=O)COc1c(Cl)cc(C=C2NC(=O)N(Cc3ccc(C(=O)OC)o3)C2=O)cc1Cl. The van der Waals surface area contributed by atoms with E-state index in [1.807, 2.05) is 0 Å². The molecule has 10 nitrogen and oxygen atoms in total. The zero-order chi connectivity index (χ0) is 23.4. The van der Waals surface area contributed by atoms with Crippen LogP contribution in [-0.2, 0) is 25.6 Å². The highest BCUT2D eigenvalue weighted by Crippen LogP contribution is 2.35. The van der Waals surface area contributed by atoms with Gasteiger partial charge in [-0.2, -0.15) is 0 Å². The van der Waals surface area contributed by atoms with Gasteiger partial charge in [-0.25, -0.2) is 14.4 Å². The minimum absolute atomic E-state index is 0.0230. The molecule has 0 saturated carbocycles. The number of esters is 2. The van der Waals surface area contributed by atoms with E-state index in [9.17, 15) is 19.2 Å². The van der Waals surface area contributed by atoms with Crippen molar-refractivity contribution in [3.63, 3.8) is 0 Å². The molecule has 1 aliphatic heterocycles. The Kier molecular flexibility index (Phi) is 7.06. The Balaban J connectivity index is 1.76. The summed E-state index contributed by atoms with van der Waals surface area (Å²) in [6.07, 6.45) is 1.38. The van der Waals surface area contributed by atoms with E-state index in [4.69, 9.17) is 32.4 Å². The van der Waals surface area contributed by atoms with Gasteiger partial charge >= 0.3 is 18.0 Å². The summed E-state index contributed by atoms with van der Waals surface area (Å²) in [5.74, 6) is -1.68. The van der Waals surface area contributed by atoms with Crippen LogP contribution in [0.4, 0.5) is 4.79 Å². The Morgan fingerprint density at radius 2 is 1.81 bits per heavy atom. The predicted molar refractivity (Wildman–Crippen MR) is 111 cm³/mol. The molecule has 0 aliphatic carbocycles. The molecule has 0 atom stereocenters. The van der Waals surface area contributed by atoms with Crippen molar-refractivity contribution in [1.82, 2.24) is 10.2 Å². The Bertz CT molecular complexity index is 1100. The zero-order valence-corrected chi connectivity index (χ0v) is 18.3. The minimum atomic E-state index is -0.679. The summed E-state index contributed by atoms with van der Waals surface area (Å²) >= 11 is 12.3. The van der Waals surface area contributed by atoms with Crippen LogP contribution in [0.2, 0.25) is 10.0 Å². The van der Waals surface area contributed by atoms with E-state index in [2.05, 4.69) is 14.8 Å². The molecule has 12 heteroatoms. The molecular formula is C20H16Cl2N2O8. The van der Waals surface area contributed by atoms with Crippen LogP contribution in [0.5, 0.6) is 5.75 Å². The van der Waals surface area contributed by atoms with E-state index in [0.29, 0.717) is 5.56 Å². The van der Waals surface area contributed by atoms with E-state index >= 15 is 0 Å². The molecule has 0 bridgehead atoms. The standard InChI is InChI=1S/C20H16Cl2N2O8/c1-29-16(25)9-31-17-12(21)5-10(6-13(17)22)7-14-18(26)24(20(28)23-14)8-11-3-4-15(32-11)19(27)30-2/h3-7H,8-9H2,1-2H3,(H,23,28). The number of hydrogen-bond acceptors (Lipinski definition) is 8. The van der Waals surface area contributed by atoms with Crippen LogP contribution in [0.1, 0.15) is 21.9 Å². The molecule has 2 aromatic rings. The summed E-state index contributed by atoms with van der Waals surface area (Å²) in [6.45, 7) is -0.578. The number of methoxy groups -OCH3 is 2. The van der Waals surface area contributed by atoms with Crippen LogP contribution < -0.4 is 10.1 Å². The van der Waals surface area contributed by atoms with Crippen LogP contribution in [0, 0.1) is 0 Å². The number of ether oxygens (including phenoxy) is 3. The molecule has 3 rings (SSSR count). The summed E-state index contributed by atoms with van der Waals surface area (Å²) in [6, 6.07) is 5.06. The van der Waals surface area contributed by atoms with E-state index in [1.165, 1.54) is 44.6 Å². The lowest BCUT2D eigenvalue weighted by atomic mass is 10.1. The van der Waals surface area contributed by atoms with Gasteiger partial charge in [0.2, 0.25) is 5.76 Å². The molecule has 32 heavy (non-hydrogen) atoms. The highest BCUT2D eigenvalue weighted by molar-refractivity contribution is 6.37. The van der Waals surface area contributed by atoms with Crippen LogP contribution >= 0.6 is 23.2 Å². The molecular weight excluding hydrogens is 467 g/mol. The lowest BCUT2D eigenvalue weighted by Crippen LogP contribution is -2.30. The third kappa shape index (κ3) is 5.04. The monoisotopic (exact) mass is 482 g/mol. The van der Waals surface area contributed by atoms with Crippen LogP contribution in [-0.4, -0.2) is 49.6 Å². The second-order valence-electron chi connectivity index (χ2n) is 6.32. The van der Waals surface area contributed by atoms with Crippen molar-refractivity contribution in [2.45, 2.75) is 6.54 Å². The fraction of sp³-hybridized carbons (Fsp3) is 0.200. The highest BCUT2D eigenvalue weighted by atomic mass is 35.5. The third-order valence-corrected chi connectivity index (χ3v) is 4.78. The molecule has 1 saturated heterocycles. The predicted octanol–water partition coefficient (Wildman–Crippen LogP) is 3.02. The van der Waals surface area contributed by atoms with E-state index in [1.54, 1.807) is 0 Å². The van der Waals surface area contributed by atoms with Crippen molar-refractivity contribution in [3.8, 4) is 5.75 Å². The lowest BCUT2D eigenvalue weighted by molar-refractivity contribution is -0.142. The number of furan rings is 1. The number of imide groups is 1. The van der Waals surface area contributed by atoms with Gasteiger partial charge < -0.3 is 23.9 Å². The maximum atomic E-state index is 12.7. The molecule has 3 amide bonds. The van der Waals surface area contributed by atoms with Gasteiger partial charge in [0.15, 0.2) is 12.4 Å². The molecule has 0 unspecified atom stereocenters. The summed E-state index contributed by atoms with van der Waals surface area (Å²) in [5, 5.41) is 2.63. The van der Waals surface area contributed by atoms with Gasteiger partial charge in [0.25, 0.3) is 5.91 Å². The quantitative estimate of drug-likeness (QED) is 0.362. The zero-order valence-electron chi connectivity index (χ0n) is 16.8. The van der Waals surface area contributed by atoms with Gasteiger partial charge in [0.1, 0.15) is 11.5 Å². The average molecular weight is 483 g/mol. The first-order valence-electron chi connectivity index (χ1n) is 8.93.